The Bertz CT molecular complexity index is 132. The minimum Gasteiger partial charge on any atom is -1.00 e. The molecule has 0 radical (unpaired) electrons. The fourth-order valence-corrected chi connectivity index (χ4v) is 0. The Morgan fingerprint density at radius 1 is 1.29 bits per heavy atom. The molecule has 0 rings (SSSR count). The number of halogens is 3. The summed E-state index contributed by atoms with van der Waals surface area (Å²) >= 11 is 8.32. The minimum atomic E-state index is -1.16. The molecule has 0 aromatic carbocycles. The zero-order valence-corrected chi connectivity index (χ0v) is 17.2. The summed E-state index contributed by atoms with van der Waals surface area (Å²) in [5, 5.41) is 0. The van der Waals surface area contributed by atoms with Gasteiger partial charge in [0.1, 0.15) is 13.0 Å². The van der Waals surface area contributed by atoms with Crippen LogP contribution in [0.2, 0.25) is 32.2 Å². The van der Waals surface area contributed by atoms with Crippen molar-refractivity contribution in [2.45, 2.75) is 39.2 Å². The fraction of sp³-hybridized carbons (Fsp3) is 0.750. The standard InChI is InChI=1S/C4H11ClSi.C4H9ISi.HI.Li/c2*1-4-6(2,3)5;;/h4H2,1-3H3;4H,1H2,2-3H3;1H;/q;;;+1/p-1. The average Bonchev–Trinajstić information content (AvgIpc) is 1.86. The number of hydrogen-bond acceptors (Lipinski definition) is 0. The van der Waals surface area contributed by atoms with Crippen LogP contribution in [0.15, 0.2) is 12.3 Å². The Morgan fingerprint density at radius 2 is 1.43 bits per heavy atom. The number of rotatable bonds is 2. The molecule has 0 bridgehead atoms. The molecule has 0 aliphatic heterocycles. The van der Waals surface area contributed by atoms with Gasteiger partial charge in [0.05, 0.1) is 0 Å². The summed E-state index contributed by atoms with van der Waals surface area (Å²) < 4.78 is 0. The second-order valence-corrected chi connectivity index (χ2v) is 22.9. The summed E-state index contributed by atoms with van der Waals surface area (Å²) in [4.78, 5) is 0. The van der Waals surface area contributed by atoms with Gasteiger partial charge in [-0.05, 0) is 6.04 Å². The van der Waals surface area contributed by atoms with Crippen LogP contribution in [-0.4, -0.2) is 13.0 Å². The summed E-state index contributed by atoms with van der Waals surface area (Å²) in [6.45, 7) is 14.6. The zero-order chi connectivity index (χ0) is 10.4. The van der Waals surface area contributed by atoms with Crippen LogP contribution in [-0.2, 0) is 0 Å². The third-order valence-corrected chi connectivity index (χ3v) is 6.10. The predicted octanol–water partition coefficient (Wildman–Crippen LogP) is -1.19. The molecule has 0 saturated heterocycles. The van der Waals surface area contributed by atoms with Crippen molar-refractivity contribution < 1.29 is 42.8 Å². The molecular weight excluding hydrogens is 448 g/mol. The first kappa shape index (κ1) is 25.4. The molecular formula is C8H20ClI2LiSi2. The van der Waals surface area contributed by atoms with Crippen LogP contribution in [0.5, 0.6) is 0 Å². The van der Waals surface area contributed by atoms with E-state index >= 15 is 0 Å². The second kappa shape index (κ2) is 12.0. The smallest absolute Gasteiger partial charge is 1.00 e. The van der Waals surface area contributed by atoms with Crippen LogP contribution in [0.1, 0.15) is 6.92 Å². The van der Waals surface area contributed by atoms with Gasteiger partial charge in [0.15, 0.2) is 0 Å². The molecule has 0 fully saturated rings. The van der Waals surface area contributed by atoms with Crippen molar-refractivity contribution in [3.63, 3.8) is 0 Å². The van der Waals surface area contributed by atoms with Crippen molar-refractivity contribution >= 4 is 45.8 Å². The summed E-state index contributed by atoms with van der Waals surface area (Å²) in [5.74, 6) is 0. The molecule has 6 heteroatoms. The first-order valence-electron chi connectivity index (χ1n) is 4.14. The Balaban J connectivity index is -0.0000000625. The molecule has 0 heterocycles. The van der Waals surface area contributed by atoms with E-state index in [0.29, 0.717) is 0 Å². The first-order chi connectivity index (χ1) is 5.12. The van der Waals surface area contributed by atoms with Crippen LogP contribution in [0.25, 0.3) is 0 Å². The van der Waals surface area contributed by atoms with Gasteiger partial charge in [-0.3, -0.25) is 0 Å². The molecule has 0 N–H and O–H groups in total. The molecule has 0 spiro atoms. The Hall–Kier alpha value is 2.52. The van der Waals surface area contributed by atoms with Gasteiger partial charge in [0.25, 0.3) is 0 Å². The Morgan fingerprint density at radius 3 is 1.43 bits per heavy atom. The normalized spacial score (nSPS) is 9.93. The molecule has 0 aliphatic rings. The van der Waals surface area contributed by atoms with E-state index in [4.69, 9.17) is 11.1 Å². The second-order valence-electron chi connectivity index (χ2n) is 3.84. The van der Waals surface area contributed by atoms with Gasteiger partial charge >= 0.3 is 18.9 Å². The maximum Gasteiger partial charge on any atom is 1.00 e. The van der Waals surface area contributed by atoms with Crippen molar-refractivity contribution in [3.05, 3.63) is 12.3 Å². The van der Waals surface area contributed by atoms with Crippen LogP contribution in [0, 0.1) is 0 Å². The molecule has 0 aromatic heterocycles. The first-order valence-corrected chi connectivity index (χ1v) is 14.5. The van der Waals surface area contributed by atoms with Crippen LogP contribution in [0.4, 0.5) is 0 Å². The van der Waals surface area contributed by atoms with E-state index in [9.17, 15) is 0 Å². The maximum atomic E-state index is 5.86. The molecule has 0 amide bonds. The summed E-state index contributed by atoms with van der Waals surface area (Å²) in [6, 6.07) is 1.18. The van der Waals surface area contributed by atoms with Crippen molar-refractivity contribution in [3.8, 4) is 0 Å². The van der Waals surface area contributed by atoms with Gasteiger partial charge in [0, 0.05) is 0 Å². The van der Waals surface area contributed by atoms with E-state index in [0.717, 1.165) is 0 Å². The van der Waals surface area contributed by atoms with E-state index in [1.54, 1.807) is 0 Å². The number of hydrogen-bond donors (Lipinski definition) is 0. The van der Waals surface area contributed by atoms with E-state index in [1.165, 1.54) is 6.04 Å². The topological polar surface area (TPSA) is 0 Å². The monoisotopic (exact) mass is 468 g/mol. The molecule has 0 unspecified atom stereocenters. The third-order valence-electron chi connectivity index (χ3n) is 1.33. The van der Waals surface area contributed by atoms with Crippen molar-refractivity contribution in [2.24, 2.45) is 0 Å². The van der Waals surface area contributed by atoms with Gasteiger partial charge in [-0.15, -0.1) is 28.4 Å². The van der Waals surface area contributed by atoms with Crippen molar-refractivity contribution in [1.29, 1.82) is 0 Å². The van der Waals surface area contributed by atoms with Crippen molar-refractivity contribution in [2.75, 3.05) is 0 Å². The van der Waals surface area contributed by atoms with E-state index in [2.05, 4.69) is 67.2 Å². The molecule has 82 valence electrons. The van der Waals surface area contributed by atoms with Gasteiger partial charge in [-0.25, -0.2) is 0 Å². The summed E-state index contributed by atoms with van der Waals surface area (Å²) in [5.41, 5.74) is 1.17. The third kappa shape index (κ3) is 36.6. The van der Waals surface area contributed by atoms with E-state index in [-0.39, 0.29) is 42.8 Å². The molecule has 14 heavy (non-hydrogen) atoms. The molecule has 0 nitrogen and oxygen atoms in total. The minimum absolute atomic E-state index is 0. The fourth-order valence-electron chi connectivity index (χ4n) is 0. The van der Waals surface area contributed by atoms with Gasteiger partial charge < -0.3 is 24.0 Å². The Kier molecular flexibility index (Phi) is 21.7. The molecule has 0 atom stereocenters. The molecule has 0 saturated carbocycles. The van der Waals surface area contributed by atoms with Gasteiger partial charge in [-0.1, -0.05) is 38.8 Å². The van der Waals surface area contributed by atoms with Crippen LogP contribution in [0.3, 0.4) is 0 Å². The largest absolute Gasteiger partial charge is 1.00 e. The predicted molar refractivity (Wildman–Crippen MR) is 75.5 cm³/mol. The SMILES string of the molecule is C=C[Si](C)(C)I.CC[Si](C)(C)Cl.[I-].[Li+]. The average molecular weight is 469 g/mol. The van der Waals surface area contributed by atoms with E-state index < -0.39 is 13.0 Å². The quantitative estimate of drug-likeness (QED) is 0.272. The summed E-state index contributed by atoms with van der Waals surface area (Å²) in [7, 11) is -1.16. The van der Waals surface area contributed by atoms with Crippen LogP contribution >= 0.6 is 32.9 Å². The van der Waals surface area contributed by atoms with E-state index in [1.807, 2.05) is 0 Å². The van der Waals surface area contributed by atoms with Crippen LogP contribution < -0.4 is 42.8 Å². The van der Waals surface area contributed by atoms with Gasteiger partial charge in [-0.2, -0.15) is 11.1 Å². The maximum absolute atomic E-state index is 5.86. The molecule has 0 aliphatic carbocycles. The van der Waals surface area contributed by atoms with Gasteiger partial charge in [0.2, 0.25) is 0 Å². The van der Waals surface area contributed by atoms with Crippen molar-refractivity contribution in [1.82, 2.24) is 0 Å². The Labute approximate surface area is 138 Å². The zero-order valence-electron chi connectivity index (χ0n) is 10.1. The summed E-state index contributed by atoms with van der Waals surface area (Å²) in [6.07, 6.45) is 0. The molecule has 0 aromatic rings.